The average Bonchev–Trinajstić information content (AvgIpc) is 2.46. The topological polar surface area (TPSA) is 80.5 Å². The van der Waals surface area contributed by atoms with Gasteiger partial charge in [-0.2, -0.15) is 0 Å². The number of rotatable bonds is 5. The average molecular weight is 278 g/mol. The van der Waals surface area contributed by atoms with Gasteiger partial charge in [-0.3, -0.25) is 4.79 Å². The summed E-state index contributed by atoms with van der Waals surface area (Å²) in [6, 6.07) is 3.86. The molecular weight excluding hydrogens is 256 g/mol. The van der Waals surface area contributed by atoms with E-state index in [-0.39, 0.29) is 11.9 Å². The minimum absolute atomic E-state index is 0.0303. The Labute approximate surface area is 119 Å². The highest BCUT2D eigenvalue weighted by atomic mass is 16.5. The number of morpholine rings is 1. The molecule has 1 atom stereocenters. The first-order valence-corrected chi connectivity index (χ1v) is 6.95. The van der Waals surface area contributed by atoms with E-state index in [0.29, 0.717) is 13.0 Å². The van der Waals surface area contributed by atoms with Crippen LogP contribution in [0.3, 0.4) is 0 Å². The van der Waals surface area contributed by atoms with E-state index in [4.69, 9.17) is 10.5 Å². The Morgan fingerprint density at radius 1 is 1.50 bits per heavy atom. The van der Waals surface area contributed by atoms with Crippen LogP contribution in [0, 0.1) is 0 Å². The first-order chi connectivity index (χ1) is 9.65. The fraction of sp³-hybridized carbons (Fsp3) is 0.571. The van der Waals surface area contributed by atoms with Gasteiger partial charge in [0.15, 0.2) is 0 Å². The van der Waals surface area contributed by atoms with Crippen molar-refractivity contribution in [3.05, 3.63) is 23.9 Å². The van der Waals surface area contributed by atoms with Crippen LogP contribution in [0.2, 0.25) is 0 Å². The molecule has 1 unspecified atom stereocenters. The van der Waals surface area contributed by atoms with E-state index in [2.05, 4.69) is 15.2 Å². The maximum absolute atomic E-state index is 11.5. The number of hydrogen-bond acceptors (Lipinski definition) is 5. The Morgan fingerprint density at radius 2 is 2.25 bits per heavy atom. The fourth-order valence-electron chi connectivity index (χ4n) is 2.07. The summed E-state index contributed by atoms with van der Waals surface area (Å²) in [4.78, 5) is 18.1. The summed E-state index contributed by atoms with van der Waals surface area (Å²) in [5.74, 6) is 0.927. The van der Waals surface area contributed by atoms with Gasteiger partial charge in [0.05, 0.1) is 13.2 Å². The molecule has 0 aromatic carbocycles. The van der Waals surface area contributed by atoms with Crippen LogP contribution in [0.25, 0.3) is 0 Å². The lowest BCUT2D eigenvalue weighted by Gasteiger charge is -2.27. The molecule has 6 nitrogen and oxygen atoms in total. The molecule has 1 aliphatic rings. The molecule has 6 heteroatoms. The van der Waals surface area contributed by atoms with Crippen LogP contribution < -0.4 is 16.0 Å². The Morgan fingerprint density at radius 3 is 2.85 bits per heavy atom. The zero-order valence-electron chi connectivity index (χ0n) is 11.8. The second-order valence-electron chi connectivity index (χ2n) is 5.08. The van der Waals surface area contributed by atoms with Crippen LogP contribution in [-0.4, -0.2) is 43.2 Å². The first kappa shape index (κ1) is 14.7. The molecule has 1 amide bonds. The first-order valence-electron chi connectivity index (χ1n) is 6.95. The van der Waals surface area contributed by atoms with Crippen LogP contribution >= 0.6 is 0 Å². The van der Waals surface area contributed by atoms with Crippen LogP contribution in [0.1, 0.15) is 18.9 Å². The third-order valence-electron chi connectivity index (χ3n) is 3.14. The zero-order chi connectivity index (χ0) is 14.4. The molecule has 110 valence electrons. The Kier molecular flexibility index (Phi) is 5.31. The van der Waals surface area contributed by atoms with Crippen molar-refractivity contribution in [1.82, 2.24) is 10.3 Å². The highest BCUT2D eigenvalue weighted by molar-refractivity contribution is 5.76. The predicted octanol–water partition coefficient (Wildman–Crippen LogP) is 0.272. The molecule has 1 aliphatic heterocycles. The number of carbonyl (C=O) groups is 1. The van der Waals surface area contributed by atoms with Crippen molar-refractivity contribution in [1.29, 1.82) is 0 Å². The summed E-state index contributed by atoms with van der Waals surface area (Å²) in [5, 5.41) is 2.84. The van der Waals surface area contributed by atoms with E-state index < -0.39 is 0 Å². The van der Waals surface area contributed by atoms with Crippen molar-refractivity contribution in [2.45, 2.75) is 25.9 Å². The minimum atomic E-state index is -0.114. The lowest BCUT2D eigenvalue weighted by atomic mass is 10.2. The third-order valence-corrected chi connectivity index (χ3v) is 3.14. The number of nitrogens with two attached hydrogens (primary N) is 1. The highest BCUT2D eigenvalue weighted by Gasteiger charge is 2.12. The van der Waals surface area contributed by atoms with E-state index in [1.54, 1.807) is 6.20 Å². The van der Waals surface area contributed by atoms with Crippen LogP contribution in [-0.2, 0) is 16.1 Å². The van der Waals surface area contributed by atoms with Gasteiger partial charge < -0.3 is 20.7 Å². The molecule has 1 aromatic rings. The molecule has 1 fully saturated rings. The molecule has 3 N–H and O–H groups in total. The molecule has 0 radical (unpaired) electrons. The lowest BCUT2D eigenvalue weighted by molar-refractivity contribution is -0.121. The largest absolute Gasteiger partial charge is 0.378 e. The van der Waals surface area contributed by atoms with E-state index in [9.17, 15) is 4.79 Å². The molecule has 1 aromatic heterocycles. The number of ether oxygens (including phenoxy) is 1. The lowest BCUT2D eigenvalue weighted by Crippen LogP contribution is -2.36. The summed E-state index contributed by atoms with van der Waals surface area (Å²) >= 11 is 0. The fourth-order valence-corrected chi connectivity index (χ4v) is 2.07. The van der Waals surface area contributed by atoms with E-state index in [1.165, 1.54) is 0 Å². The number of hydrogen-bond donors (Lipinski definition) is 2. The maximum Gasteiger partial charge on any atom is 0.221 e. The van der Waals surface area contributed by atoms with Crippen LogP contribution in [0.5, 0.6) is 0 Å². The van der Waals surface area contributed by atoms with Gasteiger partial charge in [0.2, 0.25) is 5.91 Å². The van der Waals surface area contributed by atoms with Gasteiger partial charge in [-0.1, -0.05) is 6.07 Å². The quantitative estimate of drug-likeness (QED) is 0.808. The second kappa shape index (κ2) is 7.21. The third kappa shape index (κ3) is 4.47. The van der Waals surface area contributed by atoms with E-state index in [1.807, 2.05) is 19.1 Å². The Balaban J connectivity index is 1.83. The van der Waals surface area contributed by atoms with Crippen molar-refractivity contribution >= 4 is 11.7 Å². The standard InChI is InChI=1S/C14H22N4O2/c1-11(15)8-14(19)17-10-12-2-3-13(16-9-12)18-4-6-20-7-5-18/h2-3,9,11H,4-8,10,15H2,1H3,(H,17,19). The van der Waals surface area contributed by atoms with Gasteiger partial charge in [-0.15, -0.1) is 0 Å². The monoisotopic (exact) mass is 278 g/mol. The summed E-state index contributed by atoms with van der Waals surface area (Å²) in [5.41, 5.74) is 6.56. The minimum Gasteiger partial charge on any atom is -0.378 e. The van der Waals surface area contributed by atoms with Gasteiger partial charge in [-0.05, 0) is 18.6 Å². The summed E-state index contributed by atoms with van der Waals surface area (Å²) in [6.07, 6.45) is 2.15. The highest BCUT2D eigenvalue weighted by Crippen LogP contribution is 2.12. The number of pyridine rings is 1. The van der Waals surface area contributed by atoms with Gasteiger partial charge in [0, 0.05) is 38.3 Å². The van der Waals surface area contributed by atoms with E-state index >= 15 is 0 Å². The Bertz CT molecular complexity index is 427. The molecule has 0 bridgehead atoms. The Hall–Kier alpha value is -1.66. The summed E-state index contributed by atoms with van der Waals surface area (Å²) in [7, 11) is 0. The predicted molar refractivity (Wildman–Crippen MR) is 77.4 cm³/mol. The van der Waals surface area contributed by atoms with Crippen molar-refractivity contribution in [2.24, 2.45) is 5.73 Å². The second-order valence-corrected chi connectivity index (χ2v) is 5.08. The van der Waals surface area contributed by atoms with Crippen LogP contribution in [0.15, 0.2) is 18.3 Å². The van der Waals surface area contributed by atoms with Crippen molar-refractivity contribution in [3.63, 3.8) is 0 Å². The number of nitrogens with zero attached hydrogens (tertiary/aromatic N) is 2. The molecule has 2 rings (SSSR count). The summed E-state index contributed by atoms with van der Waals surface area (Å²) < 4.78 is 5.31. The molecule has 1 saturated heterocycles. The number of nitrogens with one attached hydrogen (secondary N) is 1. The van der Waals surface area contributed by atoms with Gasteiger partial charge >= 0.3 is 0 Å². The number of aromatic nitrogens is 1. The van der Waals surface area contributed by atoms with Crippen molar-refractivity contribution in [3.8, 4) is 0 Å². The molecule has 20 heavy (non-hydrogen) atoms. The zero-order valence-corrected chi connectivity index (χ0v) is 11.8. The SMILES string of the molecule is CC(N)CC(=O)NCc1ccc(N2CCOCC2)nc1. The van der Waals surface area contributed by atoms with Crippen molar-refractivity contribution in [2.75, 3.05) is 31.2 Å². The summed E-state index contributed by atoms with van der Waals surface area (Å²) in [6.45, 7) is 5.54. The molecular formula is C14H22N4O2. The maximum atomic E-state index is 11.5. The number of amides is 1. The number of anilines is 1. The van der Waals surface area contributed by atoms with E-state index in [0.717, 1.165) is 37.7 Å². The van der Waals surface area contributed by atoms with Gasteiger partial charge in [0.25, 0.3) is 0 Å². The van der Waals surface area contributed by atoms with Gasteiger partial charge in [-0.25, -0.2) is 4.98 Å². The normalized spacial score (nSPS) is 16.8. The molecule has 2 heterocycles. The van der Waals surface area contributed by atoms with Gasteiger partial charge in [0.1, 0.15) is 5.82 Å². The molecule has 0 saturated carbocycles. The van der Waals surface area contributed by atoms with Crippen molar-refractivity contribution < 1.29 is 9.53 Å². The number of carbonyl (C=O) groups excluding carboxylic acids is 1. The van der Waals surface area contributed by atoms with Crippen LogP contribution in [0.4, 0.5) is 5.82 Å². The smallest absolute Gasteiger partial charge is 0.221 e. The molecule has 0 spiro atoms. The molecule has 0 aliphatic carbocycles.